The molecule has 1 unspecified atom stereocenters. The molecule has 0 aliphatic carbocycles. The van der Waals surface area contributed by atoms with E-state index in [2.05, 4.69) is 5.10 Å². The van der Waals surface area contributed by atoms with Crippen LogP contribution in [0.2, 0.25) is 5.02 Å². The molecule has 3 rings (SSSR count). The Bertz CT molecular complexity index is 1210. The highest BCUT2D eigenvalue weighted by Gasteiger charge is 2.18. The van der Waals surface area contributed by atoms with Gasteiger partial charge in [0.1, 0.15) is 0 Å². The first kappa shape index (κ1) is 22.0. The van der Waals surface area contributed by atoms with Crippen molar-refractivity contribution in [3.63, 3.8) is 0 Å². The van der Waals surface area contributed by atoms with Gasteiger partial charge in [-0.05, 0) is 35.9 Å². The summed E-state index contributed by atoms with van der Waals surface area (Å²) in [5.41, 5.74) is 0.848. The van der Waals surface area contributed by atoms with Crippen molar-refractivity contribution in [3.05, 3.63) is 70.1 Å². The Morgan fingerprint density at radius 3 is 2.53 bits per heavy atom. The number of nitrogens with two attached hydrogens (primary N) is 1. The molecule has 0 aliphatic heterocycles. The summed E-state index contributed by atoms with van der Waals surface area (Å²) in [6, 6.07) is 12.4. The van der Waals surface area contributed by atoms with Gasteiger partial charge in [0.15, 0.2) is 5.75 Å². The minimum atomic E-state index is -3.84. The van der Waals surface area contributed by atoms with Gasteiger partial charge in [0.2, 0.25) is 10.0 Å². The molecular weight excluding hydrogens is 430 g/mol. The molecule has 30 heavy (non-hydrogen) atoms. The van der Waals surface area contributed by atoms with Gasteiger partial charge in [-0.1, -0.05) is 36.7 Å². The van der Waals surface area contributed by atoms with Crippen molar-refractivity contribution in [1.29, 1.82) is 0 Å². The number of aliphatic hydroxyl groups excluding tert-OH is 1. The molecule has 0 fully saturated rings. The van der Waals surface area contributed by atoms with Crippen LogP contribution in [-0.2, 0) is 10.0 Å². The predicted octanol–water partition coefficient (Wildman–Crippen LogP) is 2.21. The Morgan fingerprint density at radius 2 is 1.93 bits per heavy atom. The van der Waals surface area contributed by atoms with E-state index in [0.717, 1.165) is 4.68 Å². The molecule has 2 aromatic carbocycles. The lowest BCUT2D eigenvalue weighted by Crippen LogP contribution is -2.25. The summed E-state index contributed by atoms with van der Waals surface area (Å²) >= 11 is 6.03. The van der Waals surface area contributed by atoms with Crippen LogP contribution >= 0.6 is 11.6 Å². The number of aromatic nitrogens is 2. The van der Waals surface area contributed by atoms with Crippen LogP contribution in [0.3, 0.4) is 0 Å². The van der Waals surface area contributed by atoms with E-state index in [1.54, 1.807) is 31.2 Å². The highest BCUT2D eigenvalue weighted by molar-refractivity contribution is 7.89. The van der Waals surface area contributed by atoms with Crippen LogP contribution in [-0.4, -0.2) is 36.5 Å². The number of sulfonamides is 1. The zero-order valence-electron chi connectivity index (χ0n) is 16.0. The number of hydrogen-bond acceptors (Lipinski definition) is 6. The predicted molar refractivity (Wildman–Crippen MR) is 113 cm³/mol. The fourth-order valence-corrected chi connectivity index (χ4v) is 3.38. The van der Waals surface area contributed by atoms with E-state index in [-0.39, 0.29) is 29.8 Å². The molecule has 3 aromatic rings. The normalized spacial score (nSPS) is 12.5. The number of primary sulfonamides is 1. The average molecular weight is 450 g/mol. The molecule has 158 valence electrons. The molecule has 0 aliphatic rings. The van der Waals surface area contributed by atoms with E-state index in [1.165, 1.54) is 30.5 Å². The zero-order chi connectivity index (χ0) is 21.9. The van der Waals surface area contributed by atoms with E-state index in [1.807, 2.05) is 0 Å². The second-order valence-corrected chi connectivity index (χ2v) is 8.75. The van der Waals surface area contributed by atoms with Crippen molar-refractivity contribution < 1.29 is 18.3 Å². The SMILES string of the molecule is CC(CO)COc1c(-c2ccc(S(N)(=O)=O)cc2)cnn(-c2cccc(Cl)c2)c1=O. The molecule has 1 atom stereocenters. The van der Waals surface area contributed by atoms with Gasteiger partial charge < -0.3 is 9.84 Å². The molecule has 0 bridgehead atoms. The van der Waals surface area contributed by atoms with E-state index in [0.29, 0.717) is 21.8 Å². The third-order valence-electron chi connectivity index (χ3n) is 4.30. The maximum Gasteiger partial charge on any atom is 0.314 e. The summed E-state index contributed by atoms with van der Waals surface area (Å²) < 4.78 is 29.9. The van der Waals surface area contributed by atoms with Gasteiger partial charge in [0.25, 0.3) is 0 Å². The average Bonchev–Trinajstić information content (AvgIpc) is 2.71. The third kappa shape index (κ3) is 4.88. The number of ether oxygens (including phenoxy) is 1. The van der Waals surface area contributed by atoms with Crippen LogP contribution in [0.4, 0.5) is 0 Å². The number of hydrogen-bond donors (Lipinski definition) is 2. The van der Waals surface area contributed by atoms with Crippen molar-refractivity contribution >= 4 is 21.6 Å². The van der Waals surface area contributed by atoms with Crippen molar-refractivity contribution in [2.45, 2.75) is 11.8 Å². The molecule has 0 radical (unpaired) electrons. The van der Waals surface area contributed by atoms with Crippen molar-refractivity contribution in [2.24, 2.45) is 11.1 Å². The maximum atomic E-state index is 13.2. The van der Waals surface area contributed by atoms with Gasteiger partial charge >= 0.3 is 5.56 Å². The molecule has 1 aromatic heterocycles. The molecule has 0 saturated carbocycles. The van der Waals surface area contributed by atoms with Crippen molar-refractivity contribution in [1.82, 2.24) is 9.78 Å². The van der Waals surface area contributed by atoms with Crippen LogP contribution in [0.15, 0.2) is 64.4 Å². The monoisotopic (exact) mass is 449 g/mol. The smallest absolute Gasteiger partial charge is 0.314 e. The molecule has 1 heterocycles. The van der Waals surface area contributed by atoms with Crippen molar-refractivity contribution in [2.75, 3.05) is 13.2 Å². The third-order valence-corrected chi connectivity index (χ3v) is 5.47. The molecule has 10 heteroatoms. The summed E-state index contributed by atoms with van der Waals surface area (Å²) in [6.07, 6.45) is 1.45. The molecular formula is C20H20ClN3O5S. The standard InChI is InChI=1S/C20H20ClN3O5S/c1-13(11-25)12-29-19-18(14-5-7-17(8-6-14)30(22,27)28)10-23-24(20(19)26)16-4-2-3-15(21)9-16/h2-10,13,25H,11-12H2,1H3,(H2,22,27,28). The van der Waals surface area contributed by atoms with Gasteiger partial charge in [0.05, 0.1) is 23.4 Å². The summed E-state index contributed by atoms with van der Waals surface area (Å²) in [5.74, 6) is -0.177. The lowest BCUT2D eigenvalue weighted by Gasteiger charge is -2.15. The van der Waals surface area contributed by atoms with E-state index < -0.39 is 15.6 Å². The molecule has 0 spiro atoms. The highest BCUT2D eigenvalue weighted by Crippen LogP contribution is 2.28. The number of halogens is 1. The second kappa shape index (κ2) is 8.97. The minimum absolute atomic E-state index is 0.0219. The molecule has 8 nitrogen and oxygen atoms in total. The number of aliphatic hydroxyl groups is 1. The van der Waals surface area contributed by atoms with Crippen LogP contribution in [0.1, 0.15) is 6.92 Å². The van der Waals surface area contributed by atoms with Gasteiger partial charge in [-0.2, -0.15) is 9.78 Å². The first-order valence-corrected chi connectivity index (χ1v) is 10.9. The number of benzene rings is 2. The zero-order valence-corrected chi connectivity index (χ0v) is 17.6. The summed E-state index contributed by atoms with van der Waals surface area (Å²) in [4.78, 5) is 13.1. The number of rotatable bonds is 7. The fraction of sp³-hybridized carbons (Fsp3) is 0.200. The number of nitrogens with zero attached hydrogens (tertiary/aromatic N) is 2. The Labute approximate surface area is 178 Å². The van der Waals surface area contributed by atoms with Crippen LogP contribution < -0.4 is 15.4 Å². The lowest BCUT2D eigenvalue weighted by molar-refractivity contribution is 0.173. The molecule has 0 amide bonds. The Balaban J connectivity index is 2.12. The largest absolute Gasteiger partial charge is 0.487 e. The van der Waals surface area contributed by atoms with Gasteiger partial charge in [-0.25, -0.2) is 13.6 Å². The van der Waals surface area contributed by atoms with Crippen LogP contribution in [0, 0.1) is 5.92 Å². The summed E-state index contributed by atoms with van der Waals surface area (Å²) in [6.45, 7) is 1.77. The van der Waals surface area contributed by atoms with Crippen LogP contribution in [0.5, 0.6) is 5.75 Å². The first-order chi connectivity index (χ1) is 14.2. The van der Waals surface area contributed by atoms with Crippen molar-refractivity contribution in [3.8, 4) is 22.6 Å². The molecule has 0 saturated heterocycles. The molecule has 3 N–H and O–H groups in total. The summed E-state index contributed by atoms with van der Waals surface area (Å²) in [5, 5.41) is 19.1. The van der Waals surface area contributed by atoms with Gasteiger partial charge in [0, 0.05) is 23.1 Å². The van der Waals surface area contributed by atoms with Crippen LogP contribution in [0.25, 0.3) is 16.8 Å². The van der Waals surface area contributed by atoms with Gasteiger partial charge in [-0.3, -0.25) is 4.79 Å². The lowest BCUT2D eigenvalue weighted by atomic mass is 10.1. The van der Waals surface area contributed by atoms with Gasteiger partial charge in [-0.15, -0.1) is 0 Å². The fourth-order valence-electron chi connectivity index (χ4n) is 2.68. The first-order valence-electron chi connectivity index (χ1n) is 8.96. The Morgan fingerprint density at radius 1 is 1.23 bits per heavy atom. The Hall–Kier alpha value is -2.72. The summed E-state index contributed by atoms with van der Waals surface area (Å²) in [7, 11) is -3.84. The Kier molecular flexibility index (Phi) is 6.57. The van der Waals surface area contributed by atoms with E-state index in [4.69, 9.17) is 21.5 Å². The minimum Gasteiger partial charge on any atom is -0.487 e. The maximum absolute atomic E-state index is 13.2. The highest BCUT2D eigenvalue weighted by atomic mass is 35.5. The van der Waals surface area contributed by atoms with E-state index >= 15 is 0 Å². The van der Waals surface area contributed by atoms with E-state index in [9.17, 15) is 18.3 Å². The second-order valence-electron chi connectivity index (χ2n) is 6.75. The topological polar surface area (TPSA) is 125 Å². The quantitative estimate of drug-likeness (QED) is 0.569.